The first-order valence-electron chi connectivity index (χ1n) is 2.86. The van der Waals surface area contributed by atoms with Crippen molar-refractivity contribution in [3.63, 3.8) is 0 Å². The third-order valence-corrected chi connectivity index (χ3v) is 1.89. The average molecular weight is 158 g/mol. The van der Waals surface area contributed by atoms with Gasteiger partial charge in [0.1, 0.15) is 5.75 Å². The van der Waals surface area contributed by atoms with Crippen molar-refractivity contribution >= 4 is 17.3 Å². The molecule has 3 N–H and O–H groups in total. The van der Waals surface area contributed by atoms with Gasteiger partial charge in [0.25, 0.3) is 0 Å². The van der Waals surface area contributed by atoms with Crippen LogP contribution in [0.4, 0.5) is 5.69 Å². The lowest BCUT2D eigenvalue weighted by atomic mass is 10.2. The minimum absolute atomic E-state index is 0.180. The minimum atomic E-state index is 0.180. The second-order valence-corrected chi connectivity index (χ2v) is 2.49. The van der Waals surface area contributed by atoms with Crippen molar-refractivity contribution < 1.29 is 5.11 Å². The highest BCUT2D eigenvalue weighted by Gasteiger charge is 2.02. The van der Waals surface area contributed by atoms with Gasteiger partial charge in [-0.1, -0.05) is 11.6 Å². The van der Waals surface area contributed by atoms with Crippen LogP contribution in [0.3, 0.4) is 0 Å². The maximum Gasteiger partial charge on any atom is 0.120 e. The zero-order valence-corrected chi connectivity index (χ0v) is 6.31. The first-order chi connectivity index (χ1) is 4.63. The van der Waals surface area contributed by atoms with E-state index in [1.807, 2.05) is 0 Å². The van der Waals surface area contributed by atoms with E-state index in [1.54, 1.807) is 13.0 Å². The maximum atomic E-state index is 9.08. The first-order valence-corrected chi connectivity index (χ1v) is 3.24. The summed E-state index contributed by atoms with van der Waals surface area (Å²) >= 11 is 5.70. The predicted molar refractivity (Wildman–Crippen MR) is 42.3 cm³/mol. The second-order valence-electron chi connectivity index (χ2n) is 2.11. The largest absolute Gasteiger partial charge is 0.508 e. The Balaban J connectivity index is 3.34. The minimum Gasteiger partial charge on any atom is -0.508 e. The highest BCUT2D eigenvalue weighted by atomic mass is 35.5. The third-order valence-electron chi connectivity index (χ3n) is 1.39. The fourth-order valence-electron chi connectivity index (χ4n) is 0.696. The number of phenols is 1. The lowest BCUT2D eigenvalue weighted by molar-refractivity contribution is 0.471. The maximum absolute atomic E-state index is 9.08. The highest BCUT2D eigenvalue weighted by Crippen LogP contribution is 2.29. The van der Waals surface area contributed by atoms with Crippen molar-refractivity contribution in [3.8, 4) is 5.75 Å². The van der Waals surface area contributed by atoms with Crippen molar-refractivity contribution in [3.05, 3.63) is 22.7 Å². The van der Waals surface area contributed by atoms with Crippen LogP contribution in [0.25, 0.3) is 0 Å². The van der Waals surface area contributed by atoms with Crippen molar-refractivity contribution in [2.75, 3.05) is 5.73 Å². The van der Waals surface area contributed by atoms with Crippen molar-refractivity contribution in [1.82, 2.24) is 0 Å². The Morgan fingerprint density at radius 2 is 2.10 bits per heavy atom. The molecule has 3 heteroatoms. The summed E-state index contributed by atoms with van der Waals surface area (Å²) in [4.78, 5) is 0. The van der Waals surface area contributed by atoms with E-state index in [4.69, 9.17) is 22.4 Å². The van der Waals surface area contributed by atoms with Gasteiger partial charge in [-0.3, -0.25) is 0 Å². The topological polar surface area (TPSA) is 46.2 Å². The van der Waals surface area contributed by atoms with Crippen LogP contribution in [0.2, 0.25) is 5.02 Å². The SMILES string of the molecule is Cc1c(O)ccc(N)c1Cl. The van der Waals surface area contributed by atoms with Gasteiger partial charge in [0, 0.05) is 5.56 Å². The standard InChI is InChI=1S/C7H8ClNO/c1-4-6(10)3-2-5(9)7(4)8/h2-3,10H,9H2,1H3. The molecule has 0 aliphatic carbocycles. The number of nitrogen functional groups attached to an aromatic ring is 1. The summed E-state index contributed by atoms with van der Waals surface area (Å²) in [6.45, 7) is 1.72. The van der Waals surface area contributed by atoms with E-state index in [0.29, 0.717) is 16.3 Å². The molecule has 10 heavy (non-hydrogen) atoms. The predicted octanol–water partition coefficient (Wildman–Crippen LogP) is 1.94. The molecule has 0 aliphatic rings. The van der Waals surface area contributed by atoms with Crippen LogP contribution in [-0.4, -0.2) is 5.11 Å². The molecule has 0 radical (unpaired) electrons. The van der Waals surface area contributed by atoms with Gasteiger partial charge in [-0.2, -0.15) is 0 Å². The molecule has 0 bridgehead atoms. The lowest BCUT2D eigenvalue weighted by Crippen LogP contribution is -1.87. The quantitative estimate of drug-likeness (QED) is 0.447. The molecule has 1 aromatic rings. The number of rotatable bonds is 0. The molecule has 0 amide bonds. The molecule has 1 rings (SSSR count). The smallest absolute Gasteiger partial charge is 0.120 e. The molecule has 0 unspecified atom stereocenters. The summed E-state index contributed by atoms with van der Waals surface area (Å²) in [5.74, 6) is 0.180. The van der Waals surface area contributed by atoms with Gasteiger partial charge < -0.3 is 10.8 Å². The number of phenolic OH excluding ortho intramolecular Hbond substituents is 1. The fraction of sp³-hybridized carbons (Fsp3) is 0.143. The Morgan fingerprint density at radius 3 is 2.60 bits per heavy atom. The number of nitrogens with two attached hydrogens (primary N) is 1. The van der Waals surface area contributed by atoms with Crippen LogP contribution in [0, 0.1) is 6.92 Å². The molecule has 0 aromatic heterocycles. The molecule has 0 saturated heterocycles. The number of anilines is 1. The van der Waals surface area contributed by atoms with E-state index in [2.05, 4.69) is 0 Å². The van der Waals surface area contributed by atoms with Crippen LogP contribution in [0.1, 0.15) is 5.56 Å². The van der Waals surface area contributed by atoms with Crippen LogP contribution < -0.4 is 5.73 Å². The van der Waals surface area contributed by atoms with Crippen molar-refractivity contribution in [1.29, 1.82) is 0 Å². The fourth-order valence-corrected chi connectivity index (χ4v) is 0.856. The van der Waals surface area contributed by atoms with Gasteiger partial charge in [0.05, 0.1) is 10.7 Å². The lowest BCUT2D eigenvalue weighted by Gasteiger charge is -2.02. The molecule has 2 nitrogen and oxygen atoms in total. The summed E-state index contributed by atoms with van der Waals surface area (Å²) in [5, 5.41) is 9.52. The van der Waals surface area contributed by atoms with Crippen LogP contribution in [-0.2, 0) is 0 Å². The summed E-state index contributed by atoms with van der Waals surface area (Å²) in [7, 11) is 0. The number of benzene rings is 1. The van der Waals surface area contributed by atoms with Gasteiger partial charge in [-0.25, -0.2) is 0 Å². The van der Waals surface area contributed by atoms with Gasteiger partial charge in [-0.15, -0.1) is 0 Å². The molecule has 0 atom stereocenters. The van der Waals surface area contributed by atoms with E-state index in [9.17, 15) is 0 Å². The zero-order valence-electron chi connectivity index (χ0n) is 5.56. The Hall–Kier alpha value is -0.890. The van der Waals surface area contributed by atoms with Crippen LogP contribution in [0.15, 0.2) is 12.1 Å². The molecule has 0 aliphatic heterocycles. The Kier molecular flexibility index (Phi) is 1.72. The van der Waals surface area contributed by atoms with E-state index < -0.39 is 0 Å². The summed E-state index contributed by atoms with van der Waals surface area (Å²) in [6.07, 6.45) is 0. The molecule has 54 valence electrons. The van der Waals surface area contributed by atoms with Crippen molar-refractivity contribution in [2.45, 2.75) is 6.92 Å². The van der Waals surface area contributed by atoms with Crippen LogP contribution >= 0.6 is 11.6 Å². The third kappa shape index (κ3) is 1.02. The summed E-state index contributed by atoms with van der Waals surface area (Å²) in [6, 6.07) is 3.10. The second kappa shape index (κ2) is 2.39. The van der Waals surface area contributed by atoms with E-state index in [1.165, 1.54) is 6.07 Å². The van der Waals surface area contributed by atoms with Gasteiger partial charge >= 0.3 is 0 Å². The van der Waals surface area contributed by atoms with E-state index in [0.717, 1.165) is 0 Å². The number of hydrogen-bond acceptors (Lipinski definition) is 2. The van der Waals surface area contributed by atoms with Gasteiger partial charge in [0.15, 0.2) is 0 Å². The summed E-state index contributed by atoms with van der Waals surface area (Å²) in [5.41, 5.74) is 6.57. The molecule has 0 spiro atoms. The van der Waals surface area contributed by atoms with E-state index in [-0.39, 0.29) is 5.75 Å². The Morgan fingerprint density at radius 1 is 1.50 bits per heavy atom. The monoisotopic (exact) mass is 157 g/mol. The average Bonchev–Trinajstić information content (AvgIpc) is 1.93. The van der Waals surface area contributed by atoms with Crippen molar-refractivity contribution in [2.24, 2.45) is 0 Å². The molecule has 0 fully saturated rings. The van der Waals surface area contributed by atoms with Gasteiger partial charge in [0.2, 0.25) is 0 Å². The molecule has 0 saturated carbocycles. The summed E-state index contributed by atoms with van der Waals surface area (Å²) < 4.78 is 0. The Labute approximate surface area is 64.2 Å². The highest BCUT2D eigenvalue weighted by molar-refractivity contribution is 6.34. The molecular weight excluding hydrogens is 150 g/mol. The molecule has 0 heterocycles. The molecule has 1 aromatic carbocycles. The molecular formula is C7H8ClNO. The zero-order chi connectivity index (χ0) is 7.72. The number of hydrogen-bond donors (Lipinski definition) is 2. The van der Waals surface area contributed by atoms with Crippen LogP contribution in [0.5, 0.6) is 5.75 Å². The number of aromatic hydroxyl groups is 1. The number of halogens is 1. The normalized spacial score (nSPS) is 9.80. The van der Waals surface area contributed by atoms with Gasteiger partial charge in [-0.05, 0) is 19.1 Å². The Bertz CT molecular complexity index is 233. The first kappa shape index (κ1) is 7.22. The van der Waals surface area contributed by atoms with E-state index >= 15 is 0 Å².